The van der Waals surface area contributed by atoms with E-state index in [1.807, 2.05) is 35.8 Å². The van der Waals surface area contributed by atoms with Crippen molar-refractivity contribution in [2.45, 2.75) is 18.4 Å². The number of thiazole rings is 1. The van der Waals surface area contributed by atoms with E-state index in [1.165, 1.54) is 11.3 Å². The number of methoxy groups -OCH3 is 1. The minimum Gasteiger partial charge on any atom is -0.383 e. The lowest BCUT2D eigenvalue weighted by molar-refractivity contribution is 0.187. The molecular weight excluding hydrogens is 344 g/mol. The summed E-state index contributed by atoms with van der Waals surface area (Å²) in [4.78, 5) is 0.651. The predicted molar refractivity (Wildman–Crippen MR) is 95.6 cm³/mol. The largest absolute Gasteiger partial charge is 0.383 e. The monoisotopic (exact) mass is 362 g/mol. The van der Waals surface area contributed by atoms with Crippen molar-refractivity contribution in [3.63, 3.8) is 0 Å². The van der Waals surface area contributed by atoms with E-state index >= 15 is 0 Å². The Labute approximate surface area is 144 Å². The van der Waals surface area contributed by atoms with Crippen molar-refractivity contribution in [3.05, 3.63) is 58.9 Å². The molecule has 0 saturated carbocycles. The highest BCUT2D eigenvalue weighted by Crippen LogP contribution is 2.18. The van der Waals surface area contributed by atoms with Crippen molar-refractivity contribution >= 4 is 31.6 Å². The van der Waals surface area contributed by atoms with Gasteiger partial charge in [0.15, 0.2) is 0 Å². The molecule has 126 valence electrons. The number of nitrogens with zero attached hydrogens (tertiary/aromatic N) is 2. The van der Waals surface area contributed by atoms with E-state index in [1.54, 1.807) is 31.4 Å². The zero-order chi connectivity index (χ0) is 17.2. The molecule has 0 saturated heterocycles. The summed E-state index contributed by atoms with van der Waals surface area (Å²) in [5, 5.41) is 0. The van der Waals surface area contributed by atoms with Gasteiger partial charge in [0.25, 0.3) is 10.0 Å². The van der Waals surface area contributed by atoms with Gasteiger partial charge in [-0.05, 0) is 31.2 Å². The number of ether oxygens (including phenoxy) is 1. The molecular formula is C17H18N2O3S2. The van der Waals surface area contributed by atoms with Crippen LogP contribution in [0, 0.1) is 6.92 Å². The Kier molecular flexibility index (Phi) is 4.84. The predicted octanol–water partition coefficient (Wildman–Crippen LogP) is 2.95. The first-order chi connectivity index (χ1) is 11.5. The second kappa shape index (κ2) is 6.88. The number of sulfonamides is 1. The summed E-state index contributed by atoms with van der Waals surface area (Å²) < 4.78 is 37.3. The molecule has 1 heterocycles. The Bertz CT molecular complexity index is 1020. The molecule has 5 nitrogen and oxygen atoms in total. The van der Waals surface area contributed by atoms with E-state index in [9.17, 15) is 8.42 Å². The van der Waals surface area contributed by atoms with Gasteiger partial charge in [-0.1, -0.05) is 41.2 Å². The van der Waals surface area contributed by atoms with Gasteiger partial charge < -0.3 is 9.30 Å². The summed E-state index contributed by atoms with van der Waals surface area (Å²) >= 11 is 1.36. The minimum atomic E-state index is -3.75. The maximum atomic E-state index is 12.6. The number of hydrogen-bond acceptors (Lipinski definition) is 4. The molecule has 0 radical (unpaired) electrons. The Morgan fingerprint density at radius 3 is 2.54 bits per heavy atom. The van der Waals surface area contributed by atoms with Crippen LogP contribution in [0.4, 0.5) is 0 Å². The van der Waals surface area contributed by atoms with Gasteiger partial charge in [0.05, 0.1) is 21.7 Å². The van der Waals surface area contributed by atoms with Crippen LogP contribution in [0.3, 0.4) is 0 Å². The zero-order valence-electron chi connectivity index (χ0n) is 13.5. The normalized spacial score (nSPS) is 12.8. The number of rotatable bonds is 5. The molecule has 0 bridgehead atoms. The van der Waals surface area contributed by atoms with Crippen LogP contribution in [0.2, 0.25) is 0 Å². The third-order valence-corrected chi connectivity index (χ3v) is 6.08. The van der Waals surface area contributed by atoms with Crippen molar-refractivity contribution in [1.29, 1.82) is 0 Å². The van der Waals surface area contributed by atoms with Crippen LogP contribution in [0.1, 0.15) is 5.56 Å². The summed E-state index contributed by atoms with van der Waals surface area (Å²) in [7, 11) is -2.13. The summed E-state index contributed by atoms with van der Waals surface area (Å²) in [6.07, 6.45) is 0. The second-order valence-corrected chi connectivity index (χ2v) is 7.99. The highest BCUT2D eigenvalue weighted by atomic mass is 32.2. The molecule has 24 heavy (non-hydrogen) atoms. The lowest BCUT2D eigenvalue weighted by Gasteiger charge is -2.04. The third-order valence-electron chi connectivity index (χ3n) is 3.62. The van der Waals surface area contributed by atoms with Gasteiger partial charge in [0, 0.05) is 13.7 Å². The van der Waals surface area contributed by atoms with Crippen molar-refractivity contribution in [3.8, 4) is 0 Å². The van der Waals surface area contributed by atoms with E-state index in [0.717, 1.165) is 15.8 Å². The summed E-state index contributed by atoms with van der Waals surface area (Å²) in [5.41, 5.74) is 1.96. The number of para-hydroxylation sites is 1. The third kappa shape index (κ3) is 3.43. The van der Waals surface area contributed by atoms with Gasteiger partial charge in [0.2, 0.25) is 4.80 Å². The quantitative estimate of drug-likeness (QED) is 0.701. The number of hydrogen-bond donors (Lipinski definition) is 0. The van der Waals surface area contributed by atoms with Crippen LogP contribution in [0.5, 0.6) is 0 Å². The Morgan fingerprint density at radius 2 is 1.83 bits per heavy atom. The van der Waals surface area contributed by atoms with Gasteiger partial charge >= 0.3 is 0 Å². The molecule has 7 heteroatoms. The lowest BCUT2D eigenvalue weighted by Crippen LogP contribution is -2.19. The maximum Gasteiger partial charge on any atom is 0.285 e. The average molecular weight is 362 g/mol. The molecule has 0 spiro atoms. The molecule has 0 aliphatic heterocycles. The van der Waals surface area contributed by atoms with E-state index in [2.05, 4.69) is 4.40 Å². The van der Waals surface area contributed by atoms with Crippen molar-refractivity contribution in [1.82, 2.24) is 4.57 Å². The van der Waals surface area contributed by atoms with Crippen molar-refractivity contribution < 1.29 is 13.2 Å². The first-order valence-electron chi connectivity index (χ1n) is 7.46. The topological polar surface area (TPSA) is 60.7 Å². The molecule has 0 fully saturated rings. The van der Waals surface area contributed by atoms with Gasteiger partial charge in [-0.25, -0.2) is 0 Å². The fraction of sp³-hybridized carbons (Fsp3) is 0.235. The lowest BCUT2D eigenvalue weighted by atomic mass is 10.2. The Morgan fingerprint density at radius 1 is 1.12 bits per heavy atom. The van der Waals surface area contributed by atoms with Gasteiger partial charge in [-0.2, -0.15) is 8.42 Å². The van der Waals surface area contributed by atoms with Crippen LogP contribution in [0.15, 0.2) is 57.8 Å². The Hall–Kier alpha value is -1.96. The van der Waals surface area contributed by atoms with Crippen LogP contribution in [-0.2, 0) is 21.3 Å². The maximum absolute atomic E-state index is 12.6. The van der Waals surface area contributed by atoms with E-state index < -0.39 is 10.0 Å². The fourth-order valence-corrected chi connectivity index (χ4v) is 4.61. The molecule has 0 unspecified atom stereocenters. The molecule has 0 atom stereocenters. The minimum absolute atomic E-state index is 0.198. The standard InChI is InChI=1S/C17H18N2O3S2/c1-13-7-9-14(10-8-13)24(20,21)18-17-19(11-12-22-2)15-5-3-4-6-16(15)23-17/h3-10H,11-12H2,1-2H3/b18-17-. The molecule has 0 aliphatic carbocycles. The van der Waals surface area contributed by atoms with Crippen molar-refractivity contribution in [2.75, 3.05) is 13.7 Å². The summed E-state index contributed by atoms with van der Waals surface area (Å²) in [6, 6.07) is 14.5. The highest BCUT2D eigenvalue weighted by molar-refractivity contribution is 7.90. The summed E-state index contributed by atoms with van der Waals surface area (Å²) in [5.74, 6) is 0. The summed E-state index contributed by atoms with van der Waals surface area (Å²) in [6.45, 7) is 2.94. The van der Waals surface area contributed by atoms with Crippen LogP contribution < -0.4 is 4.80 Å². The Balaban J connectivity index is 2.16. The van der Waals surface area contributed by atoms with Crippen LogP contribution in [0.25, 0.3) is 10.2 Å². The number of aromatic nitrogens is 1. The molecule has 0 N–H and O–H groups in total. The zero-order valence-corrected chi connectivity index (χ0v) is 15.1. The van der Waals surface area contributed by atoms with Gasteiger partial charge in [-0.3, -0.25) is 0 Å². The SMILES string of the molecule is COCCn1/c(=N/S(=O)(=O)c2ccc(C)cc2)sc2ccccc21. The smallest absolute Gasteiger partial charge is 0.285 e. The van der Waals surface area contributed by atoms with Gasteiger partial charge in [0.1, 0.15) is 0 Å². The van der Waals surface area contributed by atoms with Crippen LogP contribution >= 0.6 is 11.3 Å². The fourth-order valence-electron chi connectivity index (χ4n) is 2.36. The molecule has 3 aromatic rings. The number of benzene rings is 2. The average Bonchev–Trinajstić information content (AvgIpc) is 2.89. The van der Waals surface area contributed by atoms with Crippen molar-refractivity contribution in [2.24, 2.45) is 4.40 Å². The first-order valence-corrected chi connectivity index (χ1v) is 9.72. The van der Waals surface area contributed by atoms with E-state index in [4.69, 9.17) is 4.74 Å². The van der Waals surface area contributed by atoms with E-state index in [0.29, 0.717) is 18.0 Å². The second-order valence-electron chi connectivity index (χ2n) is 5.38. The highest BCUT2D eigenvalue weighted by Gasteiger charge is 2.14. The molecule has 3 rings (SSSR count). The molecule has 1 aromatic heterocycles. The number of aryl methyl sites for hydroxylation is 1. The van der Waals surface area contributed by atoms with Crippen LogP contribution in [-0.4, -0.2) is 26.7 Å². The molecule has 0 amide bonds. The first kappa shape index (κ1) is 16.9. The van der Waals surface area contributed by atoms with Gasteiger partial charge in [-0.15, -0.1) is 4.40 Å². The molecule has 0 aliphatic rings. The van der Waals surface area contributed by atoms with E-state index in [-0.39, 0.29) is 4.90 Å². The molecule has 2 aromatic carbocycles. The number of fused-ring (bicyclic) bond motifs is 1.